The molecule has 5 heteroatoms. The van der Waals surface area contributed by atoms with Gasteiger partial charge in [0.15, 0.2) is 6.29 Å². The van der Waals surface area contributed by atoms with Crippen molar-refractivity contribution in [3.8, 4) is 0 Å². The van der Waals surface area contributed by atoms with E-state index in [1.54, 1.807) is 30.3 Å². The number of carbonyl (C=O) groups is 1. The molecule has 0 radical (unpaired) electrons. The summed E-state index contributed by atoms with van der Waals surface area (Å²) in [6, 6.07) is 8.15. The average molecular weight is 201 g/mol. The highest BCUT2D eigenvalue weighted by Crippen LogP contribution is 2.10. The van der Waals surface area contributed by atoms with Gasteiger partial charge in [-0.3, -0.25) is 4.79 Å². The van der Waals surface area contributed by atoms with Crippen LogP contribution in [0.2, 0.25) is 0 Å². The maximum atomic E-state index is 10.5. The number of hydrogen-bond donors (Lipinski definition) is 2. The number of pyridine rings is 1. The molecule has 2 rings (SSSR count). The minimum absolute atomic E-state index is 0.361. The Hall–Kier alpha value is -1.72. The Morgan fingerprint density at radius 2 is 2.00 bits per heavy atom. The summed E-state index contributed by atoms with van der Waals surface area (Å²) in [5.41, 5.74) is 1.42. The minimum Gasteiger partial charge on any atom is -0.423 e. The van der Waals surface area contributed by atoms with Crippen LogP contribution < -0.4 is 5.46 Å². The Labute approximate surface area is 86.3 Å². The Morgan fingerprint density at radius 3 is 2.67 bits per heavy atom. The van der Waals surface area contributed by atoms with E-state index in [1.807, 2.05) is 0 Å². The zero-order chi connectivity index (χ0) is 10.8. The lowest BCUT2D eigenvalue weighted by molar-refractivity contribution is 0.111. The smallest absolute Gasteiger partial charge is 0.423 e. The van der Waals surface area contributed by atoms with Crippen molar-refractivity contribution < 1.29 is 14.8 Å². The summed E-state index contributed by atoms with van der Waals surface area (Å²) in [7, 11) is -1.49. The van der Waals surface area contributed by atoms with Gasteiger partial charge >= 0.3 is 7.12 Å². The Morgan fingerprint density at radius 1 is 1.20 bits per heavy atom. The number of hydrogen-bond acceptors (Lipinski definition) is 4. The molecule has 0 saturated carbocycles. The molecule has 0 fully saturated rings. The van der Waals surface area contributed by atoms with Gasteiger partial charge in [-0.2, -0.15) is 0 Å². The van der Waals surface area contributed by atoms with E-state index in [-0.39, 0.29) is 0 Å². The molecule has 0 bridgehead atoms. The second-order valence-corrected chi connectivity index (χ2v) is 3.18. The molecule has 0 aliphatic carbocycles. The minimum atomic E-state index is -1.49. The molecule has 0 unspecified atom stereocenters. The molecule has 2 aromatic rings. The molecule has 15 heavy (non-hydrogen) atoms. The third-order valence-electron chi connectivity index (χ3n) is 2.15. The van der Waals surface area contributed by atoms with Gasteiger partial charge in [0.1, 0.15) is 5.69 Å². The maximum Gasteiger partial charge on any atom is 0.488 e. The van der Waals surface area contributed by atoms with Gasteiger partial charge in [-0.15, -0.1) is 0 Å². The van der Waals surface area contributed by atoms with E-state index in [9.17, 15) is 4.79 Å². The fraction of sp³-hybridized carbons (Fsp3) is 0. The second kappa shape index (κ2) is 3.80. The molecule has 0 aliphatic heterocycles. The first-order chi connectivity index (χ1) is 7.20. The number of carbonyl (C=O) groups excluding carboxylic acids is 1. The van der Waals surface area contributed by atoms with Crippen LogP contribution in [0.5, 0.6) is 0 Å². The topological polar surface area (TPSA) is 70.4 Å². The van der Waals surface area contributed by atoms with E-state index >= 15 is 0 Å². The van der Waals surface area contributed by atoms with Gasteiger partial charge < -0.3 is 10.0 Å². The van der Waals surface area contributed by atoms with Gasteiger partial charge in [-0.1, -0.05) is 18.2 Å². The molecule has 1 aromatic carbocycles. The van der Waals surface area contributed by atoms with Crippen LogP contribution in [0.25, 0.3) is 10.9 Å². The quantitative estimate of drug-likeness (QED) is 0.518. The van der Waals surface area contributed by atoms with Crippen LogP contribution in [0, 0.1) is 0 Å². The van der Waals surface area contributed by atoms with E-state index < -0.39 is 7.12 Å². The highest BCUT2D eigenvalue weighted by molar-refractivity contribution is 6.58. The molecular weight excluding hydrogens is 193 g/mol. The molecular formula is C10H8BNO3. The molecule has 0 aliphatic rings. The van der Waals surface area contributed by atoms with Crippen molar-refractivity contribution in [2.24, 2.45) is 0 Å². The van der Waals surface area contributed by atoms with Crippen molar-refractivity contribution in [3.05, 3.63) is 36.0 Å². The lowest BCUT2D eigenvalue weighted by atomic mass is 9.80. The summed E-state index contributed by atoms with van der Waals surface area (Å²) in [5.74, 6) is 0. The molecule has 74 valence electrons. The number of fused-ring (bicyclic) bond motifs is 1. The van der Waals surface area contributed by atoms with Crippen LogP contribution in [0.3, 0.4) is 0 Å². The fourth-order valence-corrected chi connectivity index (χ4v) is 1.39. The lowest BCUT2D eigenvalue weighted by Gasteiger charge is -2.02. The van der Waals surface area contributed by atoms with E-state index in [2.05, 4.69) is 4.98 Å². The van der Waals surface area contributed by atoms with Gasteiger partial charge in [0.05, 0.1) is 5.52 Å². The monoisotopic (exact) mass is 201 g/mol. The zero-order valence-corrected chi connectivity index (χ0v) is 7.79. The summed E-state index contributed by atoms with van der Waals surface area (Å²) >= 11 is 0. The second-order valence-electron chi connectivity index (χ2n) is 3.18. The van der Waals surface area contributed by atoms with Crippen LogP contribution in [-0.4, -0.2) is 28.4 Å². The van der Waals surface area contributed by atoms with Crippen molar-refractivity contribution in [2.45, 2.75) is 0 Å². The van der Waals surface area contributed by atoms with E-state index in [0.29, 0.717) is 23.0 Å². The Bertz CT molecular complexity index is 513. The van der Waals surface area contributed by atoms with Crippen LogP contribution in [0.4, 0.5) is 0 Å². The maximum absolute atomic E-state index is 10.5. The first kappa shape index (κ1) is 9.83. The Kier molecular flexibility index (Phi) is 2.49. The average Bonchev–Trinajstić information content (AvgIpc) is 2.27. The largest absolute Gasteiger partial charge is 0.488 e. The number of aldehydes is 1. The van der Waals surface area contributed by atoms with Crippen LogP contribution in [0.1, 0.15) is 10.5 Å². The highest BCUT2D eigenvalue weighted by Gasteiger charge is 2.10. The molecule has 0 spiro atoms. The van der Waals surface area contributed by atoms with Gasteiger partial charge in [-0.05, 0) is 23.0 Å². The van der Waals surface area contributed by atoms with Gasteiger partial charge in [0.2, 0.25) is 0 Å². The van der Waals surface area contributed by atoms with E-state index in [1.165, 1.54) is 0 Å². The first-order valence-corrected chi connectivity index (χ1v) is 4.43. The molecule has 0 amide bonds. The van der Waals surface area contributed by atoms with Crippen molar-refractivity contribution in [2.75, 3.05) is 0 Å². The number of rotatable bonds is 2. The summed E-state index contributed by atoms with van der Waals surface area (Å²) in [4.78, 5) is 14.5. The highest BCUT2D eigenvalue weighted by atomic mass is 16.4. The SMILES string of the molecule is O=Cc1ccc2cc(B(O)O)ccc2n1. The summed E-state index contributed by atoms with van der Waals surface area (Å²) in [6.07, 6.45) is 0.675. The van der Waals surface area contributed by atoms with Crippen molar-refractivity contribution in [1.82, 2.24) is 4.98 Å². The van der Waals surface area contributed by atoms with Crippen molar-refractivity contribution >= 4 is 29.8 Å². The van der Waals surface area contributed by atoms with Crippen molar-refractivity contribution in [3.63, 3.8) is 0 Å². The molecule has 1 aromatic heterocycles. The van der Waals surface area contributed by atoms with E-state index in [0.717, 1.165) is 5.39 Å². The normalized spacial score (nSPS) is 10.3. The van der Waals surface area contributed by atoms with Gasteiger partial charge in [0.25, 0.3) is 0 Å². The summed E-state index contributed by atoms with van der Waals surface area (Å²) in [5, 5.41) is 18.7. The van der Waals surface area contributed by atoms with Crippen LogP contribution in [0.15, 0.2) is 30.3 Å². The Balaban J connectivity index is 2.59. The summed E-state index contributed by atoms with van der Waals surface area (Å²) in [6.45, 7) is 0. The van der Waals surface area contributed by atoms with Crippen LogP contribution in [-0.2, 0) is 0 Å². The predicted octanol–water partition coefficient (Wildman–Crippen LogP) is -0.273. The zero-order valence-electron chi connectivity index (χ0n) is 7.79. The molecule has 0 atom stereocenters. The van der Waals surface area contributed by atoms with E-state index in [4.69, 9.17) is 10.0 Å². The number of aromatic nitrogens is 1. The van der Waals surface area contributed by atoms with Gasteiger partial charge in [-0.25, -0.2) is 4.98 Å². The number of benzene rings is 1. The first-order valence-electron chi connectivity index (χ1n) is 4.43. The van der Waals surface area contributed by atoms with Crippen molar-refractivity contribution in [1.29, 1.82) is 0 Å². The standard InChI is InChI=1S/C10H8BNO3/c13-6-9-3-1-7-5-8(11(14)15)2-4-10(7)12-9/h1-6,14-15H. The molecule has 2 N–H and O–H groups in total. The molecule has 0 saturated heterocycles. The molecule has 4 nitrogen and oxygen atoms in total. The third kappa shape index (κ3) is 1.88. The number of nitrogens with zero attached hydrogens (tertiary/aromatic N) is 1. The van der Waals surface area contributed by atoms with Crippen LogP contribution >= 0.6 is 0 Å². The third-order valence-corrected chi connectivity index (χ3v) is 2.15. The predicted molar refractivity (Wildman–Crippen MR) is 57.0 cm³/mol. The lowest BCUT2D eigenvalue weighted by Crippen LogP contribution is -2.29. The van der Waals surface area contributed by atoms with Gasteiger partial charge in [0, 0.05) is 0 Å². The molecule has 1 heterocycles. The fourth-order valence-electron chi connectivity index (χ4n) is 1.39. The summed E-state index contributed by atoms with van der Waals surface area (Å²) < 4.78 is 0.